The Morgan fingerprint density at radius 1 is 0.435 bits per heavy atom. The lowest BCUT2D eigenvalue weighted by molar-refractivity contribution is 0.731. The summed E-state index contributed by atoms with van der Waals surface area (Å²) in [4.78, 5) is 21.2. The van der Waals surface area contributed by atoms with Gasteiger partial charge in [-0.3, -0.25) is 9.98 Å². The summed E-state index contributed by atoms with van der Waals surface area (Å²) >= 11 is 0. The second-order valence-electron chi connectivity index (χ2n) is 26.0. The number of hydrogen-bond acceptors (Lipinski definition) is 4. The zero-order chi connectivity index (χ0) is 60.2. The molecule has 92 heavy (non-hydrogen) atoms. The number of aromatic nitrogens is 3. The van der Waals surface area contributed by atoms with Gasteiger partial charge in [0, 0.05) is 63.3 Å². The first kappa shape index (κ1) is 51.7. The quantitative estimate of drug-likeness (QED) is 0.167. The van der Waals surface area contributed by atoms with Gasteiger partial charge in [-0.05, 0) is 173 Å². The number of nitrogens with zero attached hydrogens (tertiary/aromatic N) is 4. The third-order valence-corrected chi connectivity index (χ3v) is 21.7. The average Bonchev–Trinajstić information content (AvgIpc) is 1.56. The SMILES string of the molecule is C1=CC2=NC=CC(c3ccc(-c4nc(-c5ccc(-c6ccnc7ccccc67)cc5)nc5c(-c6ccc7c(c6)C6(c8ccccc8-c8ccccc86)c6ccccc6-7)cc(C6C=C7C(=CC6)C6=C(C=CCC6)C76c7ccccc7-c7ccccc76)cc45)cc3)C2C=C1. The fourth-order valence-corrected chi connectivity index (χ4v) is 17.8. The first-order chi connectivity index (χ1) is 45.6. The second-order valence-corrected chi connectivity index (χ2v) is 26.0. The first-order valence-electron chi connectivity index (χ1n) is 32.6. The van der Waals surface area contributed by atoms with Crippen molar-refractivity contribution in [3.63, 3.8) is 0 Å². The van der Waals surface area contributed by atoms with E-state index in [0.29, 0.717) is 5.82 Å². The highest BCUT2D eigenvalue weighted by molar-refractivity contribution is 6.05. The predicted molar refractivity (Wildman–Crippen MR) is 376 cm³/mol. The fraction of sp³-hybridized carbons (Fsp3) is 0.0909. The van der Waals surface area contributed by atoms with Crippen LogP contribution in [-0.2, 0) is 10.8 Å². The summed E-state index contributed by atoms with van der Waals surface area (Å²) in [5.41, 5.74) is 33.6. The van der Waals surface area contributed by atoms with E-state index in [2.05, 4.69) is 285 Å². The fourth-order valence-electron chi connectivity index (χ4n) is 17.8. The summed E-state index contributed by atoms with van der Waals surface area (Å²) < 4.78 is 0. The average molecular weight is 1170 g/mol. The minimum absolute atomic E-state index is 0.0379. The molecule has 3 heterocycles. The van der Waals surface area contributed by atoms with Crippen molar-refractivity contribution in [3.8, 4) is 78.3 Å². The molecule has 0 radical (unpaired) electrons. The van der Waals surface area contributed by atoms with Crippen LogP contribution in [0.15, 0.2) is 325 Å². The molecular weight excluding hydrogens is 1110 g/mol. The van der Waals surface area contributed by atoms with Crippen molar-refractivity contribution in [3.05, 3.63) is 364 Å². The van der Waals surface area contributed by atoms with Crippen LogP contribution >= 0.6 is 0 Å². The number of para-hydroxylation sites is 1. The molecule has 10 aromatic carbocycles. The molecule has 2 spiro atoms. The van der Waals surface area contributed by atoms with E-state index in [1.165, 1.54) is 100 Å². The summed E-state index contributed by atoms with van der Waals surface area (Å²) in [6.45, 7) is 0. The molecule has 7 aliphatic carbocycles. The number of benzene rings is 10. The normalized spacial score (nSPS) is 19.0. The zero-order valence-corrected chi connectivity index (χ0v) is 50.4. The monoisotopic (exact) mass is 1170 g/mol. The van der Waals surface area contributed by atoms with Gasteiger partial charge in [-0.2, -0.15) is 0 Å². The number of fused-ring (bicyclic) bond motifs is 22. The van der Waals surface area contributed by atoms with E-state index >= 15 is 0 Å². The summed E-state index contributed by atoms with van der Waals surface area (Å²) in [5, 5.41) is 2.15. The number of pyridine rings is 1. The molecule has 12 aromatic rings. The lowest BCUT2D eigenvalue weighted by Crippen LogP contribution is -2.28. The Labute approximate surface area is 534 Å². The van der Waals surface area contributed by atoms with Crippen LogP contribution in [0.4, 0.5) is 0 Å². The van der Waals surface area contributed by atoms with Crippen LogP contribution in [0.3, 0.4) is 0 Å². The standard InChI is InChI=1S/C88H58N4/c1-9-25-74-62(17-1)63-18-2-10-26-75(63)87(74)78-29-13-5-21-66(78)68-43-41-57(51-80(68)87)59-49-72(58-42-44-69-67-22-6-14-30-79(67)88(81(69)52-58)76-27-11-3-19-64(76)65-20-4-12-28-77(65)88)85-73(50-59)84(55-37-33-53(34-38-55)60-45-47-89-82-31-15-7-23-70(60)82)91-86(92-85)56-39-35-54(36-40-56)61-46-48-90-83-32-16-8-24-71(61)83/h1-4,6-20,22-40,42-52,57,60,70H,5,21,41H2. The molecule has 2 aromatic heterocycles. The lowest BCUT2D eigenvalue weighted by atomic mass is 9.67. The Balaban J connectivity index is 0.836. The first-order valence-corrected chi connectivity index (χ1v) is 32.6. The van der Waals surface area contributed by atoms with Crippen LogP contribution in [0.25, 0.3) is 100 Å². The summed E-state index contributed by atoms with van der Waals surface area (Å²) in [7, 11) is 0. The van der Waals surface area contributed by atoms with Gasteiger partial charge >= 0.3 is 0 Å². The molecular formula is C88H58N4. The van der Waals surface area contributed by atoms with E-state index in [4.69, 9.17) is 19.9 Å². The Morgan fingerprint density at radius 2 is 1.05 bits per heavy atom. The van der Waals surface area contributed by atoms with Gasteiger partial charge in [0.25, 0.3) is 0 Å². The van der Waals surface area contributed by atoms with Gasteiger partial charge in [0.05, 0.1) is 27.6 Å². The highest BCUT2D eigenvalue weighted by Crippen LogP contribution is 2.67. The van der Waals surface area contributed by atoms with Gasteiger partial charge in [0.1, 0.15) is 0 Å². The van der Waals surface area contributed by atoms with Crippen molar-refractivity contribution < 1.29 is 0 Å². The van der Waals surface area contributed by atoms with Crippen LogP contribution in [0.5, 0.6) is 0 Å². The molecule has 0 N–H and O–H groups in total. The maximum Gasteiger partial charge on any atom is 0.160 e. The number of hydrogen-bond donors (Lipinski definition) is 0. The van der Waals surface area contributed by atoms with Crippen molar-refractivity contribution in [1.29, 1.82) is 0 Å². The number of allylic oxidation sites excluding steroid dienone is 13. The van der Waals surface area contributed by atoms with Gasteiger partial charge < -0.3 is 0 Å². The molecule has 4 heteroatoms. The van der Waals surface area contributed by atoms with Crippen molar-refractivity contribution in [2.24, 2.45) is 10.9 Å². The maximum atomic E-state index is 5.89. The molecule has 430 valence electrons. The van der Waals surface area contributed by atoms with E-state index < -0.39 is 10.8 Å². The molecule has 4 nitrogen and oxygen atoms in total. The third kappa shape index (κ3) is 7.12. The highest BCUT2D eigenvalue weighted by Gasteiger charge is 2.55. The molecule has 20 rings (SSSR count). The molecule has 1 aliphatic heterocycles. The van der Waals surface area contributed by atoms with Gasteiger partial charge in [0.2, 0.25) is 0 Å². The van der Waals surface area contributed by atoms with Crippen LogP contribution in [-0.4, -0.2) is 20.7 Å². The predicted octanol–water partition coefficient (Wildman–Crippen LogP) is 21.0. The second kappa shape index (κ2) is 19.6. The molecule has 3 atom stereocenters. The summed E-state index contributed by atoms with van der Waals surface area (Å²) in [6, 6.07) is 86.7. The Kier molecular flexibility index (Phi) is 11.0. The van der Waals surface area contributed by atoms with Crippen LogP contribution in [0.2, 0.25) is 0 Å². The largest absolute Gasteiger partial charge is 0.261 e. The van der Waals surface area contributed by atoms with E-state index in [1.54, 1.807) is 0 Å². The molecule has 0 fully saturated rings. The van der Waals surface area contributed by atoms with Crippen molar-refractivity contribution >= 4 is 27.5 Å². The van der Waals surface area contributed by atoms with Gasteiger partial charge in [-0.1, -0.05) is 249 Å². The van der Waals surface area contributed by atoms with Crippen molar-refractivity contribution in [2.75, 3.05) is 0 Å². The topological polar surface area (TPSA) is 51.0 Å². The Hall–Kier alpha value is -11.2. The highest BCUT2D eigenvalue weighted by atomic mass is 14.9. The van der Waals surface area contributed by atoms with Gasteiger partial charge in [-0.25, -0.2) is 9.97 Å². The maximum absolute atomic E-state index is 5.89. The smallest absolute Gasteiger partial charge is 0.160 e. The van der Waals surface area contributed by atoms with Gasteiger partial charge in [-0.15, -0.1) is 0 Å². The lowest BCUT2D eigenvalue weighted by Gasteiger charge is -2.34. The Bertz CT molecular complexity index is 5390. The number of rotatable bonds is 6. The zero-order valence-electron chi connectivity index (χ0n) is 50.4. The minimum atomic E-state index is -0.526. The molecule has 3 unspecified atom stereocenters. The van der Waals surface area contributed by atoms with E-state index in [-0.39, 0.29) is 17.8 Å². The van der Waals surface area contributed by atoms with Crippen LogP contribution in [0, 0.1) is 5.92 Å². The molecule has 0 saturated carbocycles. The van der Waals surface area contributed by atoms with Crippen LogP contribution in [0.1, 0.15) is 75.6 Å². The summed E-state index contributed by atoms with van der Waals surface area (Å²) in [5.74, 6) is 1.05. The molecule has 0 amide bonds. The van der Waals surface area contributed by atoms with Crippen molar-refractivity contribution in [2.45, 2.75) is 41.9 Å². The van der Waals surface area contributed by atoms with Crippen molar-refractivity contribution in [1.82, 2.24) is 15.0 Å². The molecule has 8 aliphatic rings. The molecule has 0 saturated heterocycles. The van der Waals surface area contributed by atoms with Crippen LogP contribution < -0.4 is 0 Å². The number of aliphatic imine (C=N–C) groups is 1. The van der Waals surface area contributed by atoms with E-state index in [1.807, 2.05) is 12.4 Å². The Morgan fingerprint density at radius 3 is 1.76 bits per heavy atom. The minimum Gasteiger partial charge on any atom is -0.261 e. The third-order valence-electron chi connectivity index (χ3n) is 21.7. The van der Waals surface area contributed by atoms with Gasteiger partial charge in [0.15, 0.2) is 5.82 Å². The summed E-state index contributed by atoms with van der Waals surface area (Å²) in [6.07, 6.45) is 28.0. The van der Waals surface area contributed by atoms with E-state index in [9.17, 15) is 0 Å². The van der Waals surface area contributed by atoms with E-state index in [0.717, 1.165) is 85.9 Å². The molecule has 0 bridgehead atoms.